The first-order valence-electron chi connectivity index (χ1n) is 8.30. The molecule has 0 spiro atoms. The van der Waals surface area contributed by atoms with Gasteiger partial charge < -0.3 is 4.42 Å². The molecule has 1 aromatic heterocycles. The minimum absolute atomic E-state index is 0.469. The van der Waals surface area contributed by atoms with Gasteiger partial charge in [-0.25, -0.2) is 0 Å². The van der Waals surface area contributed by atoms with Crippen LogP contribution >= 0.6 is 23.2 Å². The van der Waals surface area contributed by atoms with Crippen molar-refractivity contribution in [2.24, 2.45) is 0 Å². The molecule has 0 fully saturated rings. The van der Waals surface area contributed by atoms with Gasteiger partial charge in [-0.1, -0.05) is 59.6 Å². The molecule has 0 saturated carbocycles. The molecule has 0 aliphatic heterocycles. The first-order valence-corrected chi connectivity index (χ1v) is 9.06. The molecule has 0 N–H and O–H groups in total. The molecule has 4 rings (SSSR count). The number of halogens is 2. The van der Waals surface area contributed by atoms with E-state index in [9.17, 15) is 5.26 Å². The van der Waals surface area contributed by atoms with Crippen molar-refractivity contribution in [3.05, 3.63) is 94.2 Å². The van der Waals surface area contributed by atoms with Crippen LogP contribution in [0.5, 0.6) is 0 Å². The predicted octanol–water partition coefficient (Wildman–Crippen LogP) is 7.47. The summed E-state index contributed by atoms with van der Waals surface area (Å²) in [5.74, 6) is 1.26. The standard InChI is InChI=1S/C23H13Cl2NO/c24-21-9-7-18(13-22(21)25)23-10-8-20(27-23)12-19(14-26)17-6-5-15-3-1-2-4-16(15)11-17/h1-13H/b19-12+. The van der Waals surface area contributed by atoms with E-state index in [-0.39, 0.29) is 0 Å². The van der Waals surface area contributed by atoms with Crippen molar-refractivity contribution in [2.45, 2.75) is 0 Å². The minimum Gasteiger partial charge on any atom is -0.457 e. The van der Waals surface area contributed by atoms with Crippen LogP contribution in [0, 0.1) is 11.3 Å². The Kier molecular flexibility index (Phi) is 4.73. The highest BCUT2D eigenvalue weighted by Gasteiger charge is 2.08. The van der Waals surface area contributed by atoms with Crippen LogP contribution in [0.3, 0.4) is 0 Å². The third-order valence-corrected chi connectivity index (χ3v) is 5.04. The quantitative estimate of drug-likeness (QED) is 0.340. The predicted molar refractivity (Wildman–Crippen MR) is 112 cm³/mol. The van der Waals surface area contributed by atoms with Crippen LogP contribution in [-0.4, -0.2) is 0 Å². The zero-order valence-electron chi connectivity index (χ0n) is 14.1. The van der Waals surface area contributed by atoms with Gasteiger partial charge in [-0.2, -0.15) is 5.26 Å². The number of nitriles is 1. The molecule has 3 aromatic carbocycles. The van der Waals surface area contributed by atoms with E-state index in [4.69, 9.17) is 27.6 Å². The molecule has 0 atom stereocenters. The number of furan rings is 1. The highest BCUT2D eigenvalue weighted by atomic mass is 35.5. The third-order valence-electron chi connectivity index (χ3n) is 4.30. The normalized spacial score (nSPS) is 11.5. The molecule has 0 radical (unpaired) electrons. The maximum atomic E-state index is 9.61. The number of allylic oxidation sites excluding steroid dienone is 1. The van der Waals surface area contributed by atoms with Crippen LogP contribution in [0.15, 0.2) is 77.2 Å². The van der Waals surface area contributed by atoms with Crippen LogP contribution in [-0.2, 0) is 0 Å². The monoisotopic (exact) mass is 389 g/mol. The number of rotatable bonds is 3. The van der Waals surface area contributed by atoms with E-state index in [1.807, 2.05) is 60.7 Å². The summed E-state index contributed by atoms with van der Waals surface area (Å²) in [6.45, 7) is 0. The zero-order chi connectivity index (χ0) is 18.8. The number of benzene rings is 3. The summed E-state index contributed by atoms with van der Waals surface area (Å²) in [7, 11) is 0. The molecule has 4 heteroatoms. The van der Waals surface area contributed by atoms with Gasteiger partial charge in [0.15, 0.2) is 0 Å². The smallest absolute Gasteiger partial charge is 0.134 e. The Labute approximate surface area is 166 Å². The van der Waals surface area contributed by atoms with Crippen molar-refractivity contribution in [3.63, 3.8) is 0 Å². The van der Waals surface area contributed by atoms with Crippen molar-refractivity contribution in [2.75, 3.05) is 0 Å². The lowest BCUT2D eigenvalue weighted by molar-refractivity contribution is 0.572. The van der Waals surface area contributed by atoms with Crippen LogP contribution in [0.4, 0.5) is 0 Å². The molecule has 0 amide bonds. The lowest BCUT2D eigenvalue weighted by Gasteiger charge is -2.02. The minimum atomic E-state index is 0.469. The first kappa shape index (κ1) is 17.4. The summed E-state index contributed by atoms with van der Waals surface area (Å²) in [4.78, 5) is 0. The summed E-state index contributed by atoms with van der Waals surface area (Å²) in [5.41, 5.74) is 2.22. The first-order chi connectivity index (χ1) is 13.1. The van der Waals surface area contributed by atoms with Gasteiger partial charge in [0.2, 0.25) is 0 Å². The lowest BCUT2D eigenvalue weighted by Crippen LogP contribution is -1.82. The Hall–Kier alpha value is -2.99. The molecule has 2 nitrogen and oxygen atoms in total. The molecule has 0 saturated heterocycles. The van der Waals surface area contributed by atoms with Gasteiger partial charge in [0.25, 0.3) is 0 Å². The number of nitrogens with zero attached hydrogens (tertiary/aromatic N) is 1. The molecular weight excluding hydrogens is 377 g/mol. The van der Waals surface area contributed by atoms with Gasteiger partial charge in [0.1, 0.15) is 11.5 Å². The Balaban J connectivity index is 1.69. The van der Waals surface area contributed by atoms with E-state index in [0.717, 1.165) is 21.9 Å². The largest absolute Gasteiger partial charge is 0.457 e. The van der Waals surface area contributed by atoms with Crippen molar-refractivity contribution in [1.29, 1.82) is 5.26 Å². The number of hydrogen-bond donors (Lipinski definition) is 0. The molecule has 0 unspecified atom stereocenters. The second-order valence-electron chi connectivity index (χ2n) is 6.06. The zero-order valence-corrected chi connectivity index (χ0v) is 15.6. The maximum absolute atomic E-state index is 9.61. The fourth-order valence-electron chi connectivity index (χ4n) is 2.91. The highest BCUT2D eigenvalue weighted by Crippen LogP contribution is 2.31. The van der Waals surface area contributed by atoms with Crippen LogP contribution in [0.25, 0.3) is 33.7 Å². The molecule has 130 valence electrons. The Bertz CT molecular complexity index is 1210. The molecule has 4 aromatic rings. The lowest BCUT2D eigenvalue weighted by atomic mass is 10.0. The summed E-state index contributed by atoms with van der Waals surface area (Å²) in [6.07, 6.45) is 1.74. The molecular formula is C23H13Cl2NO. The Morgan fingerprint density at radius 3 is 2.44 bits per heavy atom. The molecule has 0 aliphatic rings. The van der Waals surface area contributed by atoms with Crippen LogP contribution in [0.1, 0.15) is 11.3 Å². The average molecular weight is 390 g/mol. The summed E-state index contributed by atoms with van der Waals surface area (Å²) in [6, 6.07) is 25.3. The van der Waals surface area contributed by atoms with E-state index in [1.165, 1.54) is 0 Å². The Morgan fingerprint density at radius 1 is 0.852 bits per heavy atom. The van der Waals surface area contributed by atoms with Gasteiger partial charge in [0.05, 0.1) is 21.7 Å². The Morgan fingerprint density at radius 2 is 1.67 bits per heavy atom. The molecule has 27 heavy (non-hydrogen) atoms. The summed E-state index contributed by atoms with van der Waals surface area (Å²) < 4.78 is 5.88. The molecule has 0 bridgehead atoms. The van der Waals surface area contributed by atoms with Gasteiger partial charge in [-0.05, 0) is 58.8 Å². The average Bonchev–Trinajstić information content (AvgIpc) is 3.16. The fraction of sp³-hybridized carbons (Fsp3) is 0. The van der Waals surface area contributed by atoms with Crippen molar-refractivity contribution in [1.82, 2.24) is 0 Å². The van der Waals surface area contributed by atoms with Gasteiger partial charge >= 0.3 is 0 Å². The molecule has 1 heterocycles. The third kappa shape index (κ3) is 3.61. The maximum Gasteiger partial charge on any atom is 0.134 e. The van der Waals surface area contributed by atoms with Crippen molar-refractivity contribution in [3.8, 4) is 17.4 Å². The van der Waals surface area contributed by atoms with Gasteiger partial charge in [0, 0.05) is 5.56 Å². The second-order valence-corrected chi connectivity index (χ2v) is 6.88. The topological polar surface area (TPSA) is 36.9 Å². The number of hydrogen-bond acceptors (Lipinski definition) is 2. The second kappa shape index (κ2) is 7.32. The summed E-state index contributed by atoms with van der Waals surface area (Å²) >= 11 is 12.0. The number of fused-ring (bicyclic) bond motifs is 1. The molecule has 0 aliphatic carbocycles. The van der Waals surface area contributed by atoms with E-state index in [2.05, 4.69) is 6.07 Å². The van der Waals surface area contributed by atoms with Crippen LogP contribution < -0.4 is 0 Å². The SMILES string of the molecule is N#C/C(=C\c1ccc(-c2ccc(Cl)c(Cl)c2)o1)c1ccc2ccccc2c1. The van der Waals surface area contributed by atoms with Crippen LogP contribution in [0.2, 0.25) is 10.0 Å². The van der Waals surface area contributed by atoms with Crippen molar-refractivity contribution < 1.29 is 4.42 Å². The van der Waals surface area contributed by atoms with E-state index in [1.54, 1.807) is 18.2 Å². The van der Waals surface area contributed by atoms with E-state index in [0.29, 0.717) is 27.1 Å². The fourth-order valence-corrected chi connectivity index (χ4v) is 3.21. The van der Waals surface area contributed by atoms with E-state index < -0.39 is 0 Å². The van der Waals surface area contributed by atoms with Gasteiger partial charge in [-0.15, -0.1) is 0 Å². The highest BCUT2D eigenvalue weighted by molar-refractivity contribution is 6.42. The van der Waals surface area contributed by atoms with Crippen molar-refractivity contribution >= 4 is 45.6 Å². The van der Waals surface area contributed by atoms with E-state index >= 15 is 0 Å². The summed E-state index contributed by atoms with van der Waals surface area (Å²) in [5, 5.41) is 12.8. The van der Waals surface area contributed by atoms with Gasteiger partial charge in [-0.3, -0.25) is 0 Å².